The number of aromatic nitrogens is 1. The van der Waals surface area contributed by atoms with Gasteiger partial charge in [0.25, 0.3) is 5.91 Å². The van der Waals surface area contributed by atoms with Crippen molar-refractivity contribution in [1.29, 1.82) is 0 Å². The summed E-state index contributed by atoms with van der Waals surface area (Å²) in [6.45, 7) is 0.502. The molecule has 0 saturated heterocycles. The molecule has 1 aliphatic rings. The fourth-order valence-electron chi connectivity index (χ4n) is 2.28. The van der Waals surface area contributed by atoms with E-state index < -0.39 is 0 Å². The van der Waals surface area contributed by atoms with Crippen molar-refractivity contribution in [2.75, 3.05) is 23.9 Å². The van der Waals surface area contributed by atoms with E-state index in [1.807, 2.05) is 43.4 Å². The number of benzene rings is 1. The third-order valence-electron chi connectivity index (χ3n) is 3.24. The van der Waals surface area contributed by atoms with Gasteiger partial charge in [-0.3, -0.25) is 14.7 Å². The lowest BCUT2D eigenvalue weighted by molar-refractivity contribution is -0.121. The molecule has 0 unspecified atom stereocenters. The highest BCUT2D eigenvalue weighted by Gasteiger charge is 2.28. The average molecular weight is 269 g/mol. The Bertz CT molecular complexity index is 614. The number of carbonyl (C=O) groups excluding carboxylic acids is 1. The standard InChI is InChI=1S/C15H15N3O2/c1-16-12-6-4-7-13-15(12)18(14(19)10-20-13)9-11-5-2-3-8-17-11/h2-8,16H,9-10H2,1H3. The number of nitrogens with one attached hydrogen (secondary N) is 1. The normalized spacial score (nSPS) is 13.7. The number of para-hydroxylation sites is 1. The number of anilines is 2. The molecule has 0 aliphatic carbocycles. The van der Waals surface area contributed by atoms with Crippen LogP contribution in [0.1, 0.15) is 5.69 Å². The monoisotopic (exact) mass is 269 g/mol. The first kappa shape index (κ1) is 12.5. The zero-order valence-corrected chi connectivity index (χ0v) is 11.2. The Balaban J connectivity index is 2.01. The molecule has 1 aromatic carbocycles. The molecule has 1 amide bonds. The second-order valence-corrected chi connectivity index (χ2v) is 4.49. The van der Waals surface area contributed by atoms with E-state index in [0.29, 0.717) is 12.3 Å². The number of nitrogens with zero attached hydrogens (tertiary/aromatic N) is 2. The van der Waals surface area contributed by atoms with Crippen LogP contribution in [0.15, 0.2) is 42.6 Å². The van der Waals surface area contributed by atoms with Crippen LogP contribution in [0, 0.1) is 0 Å². The number of hydrogen-bond donors (Lipinski definition) is 1. The molecule has 1 aromatic heterocycles. The van der Waals surface area contributed by atoms with Crippen molar-refractivity contribution in [2.45, 2.75) is 6.54 Å². The minimum atomic E-state index is -0.0640. The lowest BCUT2D eigenvalue weighted by Crippen LogP contribution is -2.38. The van der Waals surface area contributed by atoms with Crippen LogP contribution >= 0.6 is 0 Å². The lowest BCUT2D eigenvalue weighted by atomic mass is 10.2. The Kier molecular flexibility index (Phi) is 3.25. The summed E-state index contributed by atoms with van der Waals surface area (Å²) in [5, 5.41) is 3.10. The predicted octanol–water partition coefficient (Wildman–Crippen LogP) is 2.05. The molecule has 0 fully saturated rings. The van der Waals surface area contributed by atoms with Crippen molar-refractivity contribution in [3.63, 3.8) is 0 Å². The Labute approximate surface area is 117 Å². The molecule has 5 heteroatoms. The van der Waals surface area contributed by atoms with Crippen LogP contribution in [-0.4, -0.2) is 24.5 Å². The van der Waals surface area contributed by atoms with Gasteiger partial charge in [0.05, 0.1) is 17.9 Å². The van der Waals surface area contributed by atoms with Gasteiger partial charge in [-0.1, -0.05) is 12.1 Å². The summed E-state index contributed by atoms with van der Waals surface area (Å²) >= 11 is 0. The number of fused-ring (bicyclic) bond motifs is 1. The van der Waals surface area contributed by atoms with E-state index in [-0.39, 0.29) is 12.5 Å². The van der Waals surface area contributed by atoms with Crippen molar-refractivity contribution in [1.82, 2.24) is 4.98 Å². The SMILES string of the molecule is CNc1cccc2c1N(Cc1ccccn1)C(=O)CO2. The Morgan fingerprint density at radius 2 is 2.20 bits per heavy atom. The van der Waals surface area contributed by atoms with Crippen molar-refractivity contribution < 1.29 is 9.53 Å². The number of carbonyl (C=O) groups is 1. The first-order chi connectivity index (χ1) is 9.79. The minimum Gasteiger partial charge on any atom is -0.481 e. The lowest BCUT2D eigenvalue weighted by Gasteiger charge is -2.30. The van der Waals surface area contributed by atoms with E-state index in [1.54, 1.807) is 11.1 Å². The van der Waals surface area contributed by atoms with Crippen molar-refractivity contribution >= 4 is 17.3 Å². The smallest absolute Gasteiger partial charge is 0.265 e. The third-order valence-corrected chi connectivity index (χ3v) is 3.24. The molecule has 2 heterocycles. The fraction of sp³-hybridized carbons (Fsp3) is 0.200. The van der Waals surface area contributed by atoms with E-state index in [1.165, 1.54) is 0 Å². The zero-order valence-electron chi connectivity index (χ0n) is 11.2. The molecule has 0 radical (unpaired) electrons. The van der Waals surface area contributed by atoms with Gasteiger partial charge in [-0.05, 0) is 24.3 Å². The van der Waals surface area contributed by atoms with Gasteiger partial charge in [0.15, 0.2) is 6.61 Å². The average Bonchev–Trinajstić information content (AvgIpc) is 2.50. The molecule has 1 N–H and O–H groups in total. The first-order valence-electron chi connectivity index (χ1n) is 6.43. The second kappa shape index (κ2) is 5.21. The molecule has 102 valence electrons. The topological polar surface area (TPSA) is 54.5 Å². The maximum absolute atomic E-state index is 12.2. The van der Waals surface area contributed by atoms with E-state index in [0.717, 1.165) is 17.1 Å². The summed E-state index contributed by atoms with van der Waals surface area (Å²) in [5.74, 6) is 0.651. The minimum absolute atomic E-state index is 0.0625. The summed E-state index contributed by atoms with van der Waals surface area (Å²) in [7, 11) is 1.83. The van der Waals surface area contributed by atoms with Gasteiger partial charge in [0.1, 0.15) is 11.4 Å². The molecule has 1 aliphatic heterocycles. The summed E-state index contributed by atoms with van der Waals surface area (Å²) in [6, 6.07) is 11.4. The number of pyridine rings is 1. The van der Waals surface area contributed by atoms with Crippen molar-refractivity contribution in [3.8, 4) is 5.75 Å². The quantitative estimate of drug-likeness (QED) is 0.926. The van der Waals surface area contributed by atoms with Gasteiger partial charge in [0.2, 0.25) is 0 Å². The van der Waals surface area contributed by atoms with E-state index in [9.17, 15) is 4.79 Å². The molecule has 0 saturated carbocycles. The number of amides is 1. The van der Waals surface area contributed by atoms with Crippen LogP contribution < -0.4 is 15.0 Å². The highest BCUT2D eigenvalue weighted by Crippen LogP contribution is 2.39. The zero-order chi connectivity index (χ0) is 13.9. The van der Waals surface area contributed by atoms with Crippen LogP contribution in [0.2, 0.25) is 0 Å². The Morgan fingerprint density at radius 3 is 2.95 bits per heavy atom. The van der Waals surface area contributed by atoms with Crippen LogP contribution in [0.3, 0.4) is 0 Å². The summed E-state index contributed by atoms with van der Waals surface area (Å²) < 4.78 is 5.49. The van der Waals surface area contributed by atoms with Gasteiger partial charge < -0.3 is 10.1 Å². The van der Waals surface area contributed by atoms with Gasteiger partial charge in [-0.15, -0.1) is 0 Å². The Hall–Kier alpha value is -2.56. The van der Waals surface area contributed by atoms with Crippen LogP contribution in [0.4, 0.5) is 11.4 Å². The second-order valence-electron chi connectivity index (χ2n) is 4.49. The molecule has 0 spiro atoms. The molecular weight excluding hydrogens is 254 g/mol. The van der Waals surface area contributed by atoms with Crippen LogP contribution in [-0.2, 0) is 11.3 Å². The van der Waals surface area contributed by atoms with Gasteiger partial charge in [-0.2, -0.15) is 0 Å². The Morgan fingerprint density at radius 1 is 1.30 bits per heavy atom. The third kappa shape index (κ3) is 2.18. The maximum Gasteiger partial charge on any atom is 0.265 e. The van der Waals surface area contributed by atoms with E-state index >= 15 is 0 Å². The molecule has 3 rings (SSSR count). The first-order valence-corrected chi connectivity index (χ1v) is 6.43. The summed E-state index contributed by atoms with van der Waals surface area (Å²) in [4.78, 5) is 18.2. The molecule has 0 atom stereocenters. The van der Waals surface area contributed by atoms with E-state index in [2.05, 4.69) is 10.3 Å². The summed E-state index contributed by atoms with van der Waals surface area (Å²) in [5.41, 5.74) is 2.49. The summed E-state index contributed by atoms with van der Waals surface area (Å²) in [6.07, 6.45) is 1.73. The number of rotatable bonds is 3. The molecule has 0 bridgehead atoms. The number of ether oxygens (including phenoxy) is 1. The van der Waals surface area contributed by atoms with Crippen molar-refractivity contribution in [2.24, 2.45) is 0 Å². The maximum atomic E-state index is 12.2. The van der Waals surface area contributed by atoms with E-state index in [4.69, 9.17) is 4.74 Å². The van der Waals surface area contributed by atoms with Crippen LogP contribution in [0.5, 0.6) is 5.75 Å². The fourth-order valence-corrected chi connectivity index (χ4v) is 2.28. The van der Waals surface area contributed by atoms with Gasteiger partial charge in [-0.25, -0.2) is 0 Å². The molecular formula is C15H15N3O2. The largest absolute Gasteiger partial charge is 0.481 e. The molecule has 20 heavy (non-hydrogen) atoms. The van der Waals surface area contributed by atoms with Crippen LogP contribution in [0.25, 0.3) is 0 Å². The highest BCUT2D eigenvalue weighted by atomic mass is 16.5. The molecule has 5 nitrogen and oxygen atoms in total. The van der Waals surface area contributed by atoms with Gasteiger partial charge >= 0.3 is 0 Å². The molecule has 2 aromatic rings. The van der Waals surface area contributed by atoms with Gasteiger partial charge in [0, 0.05) is 13.2 Å². The van der Waals surface area contributed by atoms with Crippen molar-refractivity contribution in [3.05, 3.63) is 48.3 Å². The number of hydrogen-bond acceptors (Lipinski definition) is 4. The highest BCUT2D eigenvalue weighted by molar-refractivity contribution is 6.01. The predicted molar refractivity (Wildman–Crippen MR) is 76.9 cm³/mol.